The highest BCUT2D eigenvalue weighted by atomic mass is 19.4. The van der Waals surface area contributed by atoms with Gasteiger partial charge in [0.25, 0.3) is 0 Å². The van der Waals surface area contributed by atoms with E-state index in [0.29, 0.717) is 23.3 Å². The zero-order chi connectivity index (χ0) is 15.8. The van der Waals surface area contributed by atoms with E-state index in [1.165, 1.54) is 4.57 Å². The molecule has 3 nitrogen and oxygen atoms in total. The Hall–Kier alpha value is -1.56. The summed E-state index contributed by atoms with van der Waals surface area (Å²) in [7, 11) is 0. The van der Waals surface area contributed by atoms with E-state index in [2.05, 4.69) is 4.98 Å². The molecule has 116 valence electrons. The monoisotopic (exact) mass is 299 g/mol. The highest BCUT2D eigenvalue weighted by Crippen LogP contribution is 2.26. The second-order valence-corrected chi connectivity index (χ2v) is 6.39. The maximum atomic E-state index is 12.8. The van der Waals surface area contributed by atoms with Gasteiger partial charge in [-0.1, -0.05) is 32.9 Å². The maximum absolute atomic E-state index is 12.8. The molecule has 1 aromatic carbocycles. The lowest BCUT2D eigenvalue weighted by Gasteiger charge is -2.27. The molecule has 1 aromatic heterocycles. The average molecular weight is 299 g/mol. The molecule has 0 saturated carbocycles. The number of fused-ring (bicyclic) bond motifs is 1. The van der Waals surface area contributed by atoms with E-state index in [0.717, 1.165) is 0 Å². The second-order valence-electron chi connectivity index (χ2n) is 6.39. The van der Waals surface area contributed by atoms with Crippen LogP contribution in [0.4, 0.5) is 13.2 Å². The Balaban J connectivity index is 2.44. The van der Waals surface area contributed by atoms with Gasteiger partial charge in [-0.05, 0) is 17.5 Å². The van der Waals surface area contributed by atoms with Crippen molar-refractivity contribution in [1.82, 2.24) is 9.55 Å². The number of alkyl halides is 3. The van der Waals surface area contributed by atoms with Crippen LogP contribution in [0.2, 0.25) is 0 Å². The molecule has 2 aromatic rings. The van der Waals surface area contributed by atoms with E-state index in [4.69, 9.17) is 5.73 Å². The van der Waals surface area contributed by atoms with Gasteiger partial charge in [0.2, 0.25) is 0 Å². The van der Waals surface area contributed by atoms with Gasteiger partial charge in [0.15, 0.2) is 0 Å². The first-order chi connectivity index (χ1) is 9.58. The molecule has 0 bridgehead atoms. The molecule has 0 aliphatic rings. The fourth-order valence-electron chi connectivity index (χ4n) is 2.14. The van der Waals surface area contributed by atoms with Crippen LogP contribution in [0.1, 0.15) is 26.6 Å². The topological polar surface area (TPSA) is 43.8 Å². The Kier molecular flexibility index (Phi) is 4.02. The molecule has 0 amide bonds. The SMILES string of the molecule is CC(C)(C)C(N)Cc1nc2ccccc2n1CC(F)(F)F. The summed E-state index contributed by atoms with van der Waals surface area (Å²) in [5, 5.41) is 0. The molecule has 2 N–H and O–H groups in total. The van der Waals surface area contributed by atoms with Gasteiger partial charge in [-0.3, -0.25) is 0 Å². The first-order valence-corrected chi connectivity index (χ1v) is 6.84. The van der Waals surface area contributed by atoms with Crippen molar-refractivity contribution in [2.75, 3.05) is 0 Å². The third kappa shape index (κ3) is 3.75. The number of imidazole rings is 1. The van der Waals surface area contributed by atoms with Crippen molar-refractivity contribution in [2.45, 2.75) is 46.0 Å². The smallest absolute Gasteiger partial charge is 0.327 e. The molecule has 1 unspecified atom stereocenters. The van der Waals surface area contributed by atoms with Crippen molar-refractivity contribution in [3.05, 3.63) is 30.1 Å². The van der Waals surface area contributed by atoms with Crippen LogP contribution in [-0.4, -0.2) is 21.8 Å². The van der Waals surface area contributed by atoms with Gasteiger partial charge < -0.3 is 10.3 Å². The summed E-state index contributed by atoms with van der Waals surface area (Å²) in [5.41, 5.74) is 6.97. The first-order valence-electron chi connectivity index (χ1n) is 6.84. The standard InChI is InChI=1S/C15H20F3N3/c1-14(2,3)12(19)8-13-20-10-6-4-5-7-11(10)21(13)9-15(16,17)18/h4-7,12H,8-9,19H2,1-3H3. The highest BCUT2D eigenvalue weighted by molar-refractivity contribution is 5.75. The van der Waals surface area contributed by atoms with E-state index < -0.39 is 12.7 Å². The minimum absolute atomic E-state index is 0.193. The third-order valence-corrected chi connectivity index (χ3v) is 3.59. The minimum Gasteiger partial charge on any atom is -0.327 e. The number of benzene rings is 1. The summed E-state index contributed by atoms with van der Waals surface area (Å²) >= 11 is 0. The molecular weight excluding hydrogens is 279 g/mol. The summed E-state index contributed by atoms with van der Waals surface area (Å²) in [5.74, 6) is 0.385. The van der Waals surface area contributed by atoms with Crippen LogP contribution >= 0.6 is 0 Å². The van der Waals surface area contributed by atoms with Crippen LogP contribution in [0.15, 0.2) is 24.3 Å². The molecule has 2 rings (SSSR count). The van der Waals surface area contributed by atoms with Crippen molar-refractivity contribution >= 4 is 11.0 Å². The molecule has 0 aliphatic heterocycles. The van der Waals surface area contributed by atoms with E-state index in [-0.39, 0.29) is 11.5 Å². The normalized spacial score (nSPS) is 14.6. The Morgan fingerprint density at radius 2 is 1.81 bits per heavy atom. The number of rotatable bonds is 3. The average Bonchev–Trinajstić information content (AvgIpc) is 2.64. The molecule has 0 radical (unpaired) electrons. The maximum Gasteiger partial charge on any atom is 0.406 e. The lowest BCUT2D eigenvalue weighted by molar-refractivity contribution is -0.140. The predicted molar refractivity (Wildman–Crippen MR) is 76.9 cm³/mol. The minimum atomic E-state index is -4.29. The molecule has 0 spiro atoms. The van der Waals surface area contributed by atoms with Gasteiger partial charge >= 0.3 is 6.18 Å². The number of hydrogen-bond acceptors (Lipinski definition) is 2. The zero-order valence-electron chi connectivity index (χ0n) is 12.4. The number of para-hydroxylation sites is 2. The lowest BCUT2D eigenvalue weighted by atomic mass is 9.85. The van der Waals surface area contributed by atoms with E-state index in [9.17, 15) is 13.2 Å². The Morgan fingerprint density at radius 1 is 1.19 bits per heavy atom. The second kappa shape index (κ2) is 5.33. The molecule has 0 fully saturated rings. The molecule has 1 heterocycles. The summed E-state index contributed by atoms with van der Waals surface area (Å²) in [6, 6.07) is 6.58. The van der Waals surface area contributed by atoms with Crippen molar-refractivity contribution < 1.29 is 13.2 Å². The zero-order valence-corrected chi connectivity index (χ0v) is 12.4. The molecule has 0 aliphatic carbocycles. The van der Waals surface area contributed by atoms with Gasteiger partial charge in [0, 0.05) is 12.5 Å². The van der Waals surface area contributed by atoms with Gasteiger partial charge in [0.05, 0.1) is 11.0 Å². The van der Waals surface area contributed by atoms with Crippen LogP contribution in [0.3, 0.4) is 0 Å². The molecule has 1 atom stereocenters. The van der Waals surface area contributed by atoms with Crippen molar-refractivity contribution in [2.24, 2.45) is 11.1 Å². The number of halogens is 3. The molecule has 21 heavy (non-hydrogen) atoms. The summed E-state index contributed by atoms with van der Waals surface area (Å²) in [6.07, 6.45) is -3.97. The Morgan fingerprint density at radius 3 is 2.38 bits per heavy atom. The van der Waals surface area contributed by atoms with Gasteiger partial charge in [-0.15, -0.1) is 0 Å². The van der Waals surface area contributed by atoms with Crippen LogP contribution < -0.4 is 5.73 Å². The van der Waals surface area contributed by atoms with Crippen LogP contribution in [0, 0.1) is 5.41 Å². The quantitative estimate of drug-likeness (QED) is 0.942. The van der Waals surface area contributed by atoms with Gasteiger partial charge in [0.1, 0.15) is 12.4 Å². The van der Waals surface area contributed by atoms with Gasteiger partial charge in [-0.25, -0.2) is 4.98 Å². The molecule has 0 saturated heterocycles. The van der Waals surface area contributed by atoms with Crippen molar-refractivity contribution in [1.29, 1.82) is 0 Å². The fourth-order valence-corrected chi connectivity index (χ4v) is 2.14. The highest BCUT2D eigenvalue weighted by Gasteiger charge is 2.31. The molecule has 6 heteroatoms. The van der Waals surface area contributed by atoms with E-state index in [1.807, 2.05) is 20.8 Å². The number of aromatic nitrogens is 2. The fraction of sp³-hybridized carbons (Fsp3) is 0.533. The van der Waals surface area contributed by atoms with E-state index >= 15 is 0 Å². The number of nitrogens with zero attached hydrogens (tertiary/aromatic N) is 2. The summed E-state index contributed by atoms with van der Waals surface area (Å²) in [4.78, 5) is 4.33. The third-order valence-electron chi connectivity index (χ3n) is 3.59. The summed E-state index contributed by atoms with van der Waals surface area (Å²) in [6.45, 7) is 4.86. The van der Waals surface area contributed by atoms with Crippen molar-refractivity contribution in [3.63, 3.8) is 0 Å². The Labute approximate surface area is 122 Å². The van der Waals surface area contributed by atoms with E-state index in [1.54, 1.807) is 24.3 Å². The van der Waals surface area contributed by atoms with Crippen LogP contribution in [-0.2, 0) is 13.0 Å². The predicted octanol–water partition coefficient (Wildman–Crippen LogP) is 3.51. The number of hydrogen-bond donors (Lipinski definition) is 1. The van der Waals surface area contributed by atoms with Gasteiger partial charge in [-0.2, -0.15) is 13.2 Å². The lowest BCUT2D eigenvalue weighted by Crippen LogP contribution is -2.38. The van der Waals surface area contributed by atoms with Crippen molar-refractivity contribution in [3.8, 4) is 0 Å². The summed E-state index contributed by atoms with van der Waals surface area (Å²) < 4.78 is 39.7. The first kappa shape index (κ1) is 15.8. The van der Waals surface area contributed by atoms with Crippen LogP contribution in [0.5, 0.6) is 0 Å². The van der Waals surface area contributed by atoms with Crippen LogP contribution in [0.25, 0.3) is 11.0 Å². The molecular formula is C15H20F3N3. The Bertz CT molecular complexity index is 623. The largest absolute Gasteiger partial charge is 0.406 e. The number of nitrogens with two attached hydrogens (primary N) is 1.